The summed E-state index contributed by atoms with van der Waals surface area (Å²) in [4.78, 5) is 13.0. The first-order valence-electron chi connectivity index (χ1n) is 10.0. The number of ether oxygens (including phenoxy) is 1. The largest absolute Gasteiger partial charge is 0.494 e. The number of aryl methyl sites for hydroxylation is 1. The van der Waals surface area contributed by atoms with Crippen molar-refractivity contribution in [2.24, 2.45) is 11.7 Å². The molecule has 0 bridgehead atoms. The zero-order chi connectivity index (χ0) is 20.6. The molecule has 0 saturated heterocycles. The van der Waals surface area contributed by atoms with E-state index in [1.807, 2.05) is 36.4 Å². The number of nitrogens with zero attached hydrogens (tertiary/aromatic N) is 2. The molecule has 29 heavy (non-hydrogen) atoms. The van der Waals surface area contributed by atoms with E-state index in [2.05, 4.69) is 24.2 Å². The van der Waals surface area contributed by atoms with Crippen LogP contribution in [-0.4, -0.2) is 21.4 Å². The highest BCUT2D eigenvalue weighted by Gasteiger charge is 2.11. The fourth-order valence-electron chi connectivity index (χ4n) is 3.39. The first-order valence-corrected chi connectivity index (χ1v) is 10.4. The van der Waals surface area contributed by atoms with Crippen molar-refractivity contribution in [2.75, 3.05) is 6.61 Å². The summed E-state index contributed by atoms with van der Waals surface area (Å²) in [5.74, 6) is 1.06. The van der Waals surface area contributed by atoms with Gasteiger partial charge in [-0.1, -0.05) is 55.9 Å². The molecule has 0 aliphatic carbocycles. The average molecular weight is 410 g/mol. The Morgan fingerprint density at radius 1 is 1.21 bits per heavy atom. The Balaban J connectivity index is 1.50. The molecule has 3 aromatic rings. The maximum absolute atomic E-state index is 12.5. The Bertz CT molecular complexity index is 1010. The van der Waals surface area contributed by atoms with Gasteiger partial charge in [0.1, 0.15) is 5.75 Å². The van der Waals surface area contributed by atoms with E-state index in [0.717, 1.165) is 30.4 Å². The minimum atomic E-state index is -0.0631. The second-order valence-corrected chi connectivity index (χ2v) is 7.67. The van der Waals surface area contributed by atoms with Gasteiger partial charge in [0.15, 0.2) is 0 Å². The molecular weight excluding hydrogens is 382 g/mol. The van der Waals surface area contributed by atoms with Crippen molar-refractivity contribution >= 4 is 28.0 Å². The molecule has 3 rings (SSSR count). The monoisotopic (exact) mass is 409 g/mol. The SMILES string of the molecule is CCCC(Cc1ccc(OCCCn2ncc3ccccc3c2=O)cc1)C(N)=S. The van der Waals surface area contributed by atoms with Crippen molar-refractivity contribution in [1.29, 1.82) is 0 Å². The van der Waals surface area contributed by atoms with E-state index >= 15 is 0 Å². The fourth-order valence-corrected chi connectivity index (χ4v) is 3.59. The molecular formula is C23H27N3O2S. The summed E-state index contributed by atoms with van der Waals surface area (Å²) < 4.78 is 7.31. The van der Waals surface area contributed by atoms with Crippen molar-refractivity contribution in [3.8, 4) is 5.75 Å². The topological polar surface area (TPSA) is 70.1 Å². The summed E-state index contributed by atoms with van der Waals surface area (Å²) in [6.45, 7) is 3.18. The van der Waals surface area contributed by atoms with Crippen LogP contribution in [0.25, 0.3) is 10.8 Å². The summed E-state index contributed by atoms with van der Waals surface area (Å²) in [5.41, 5.74) is 6.99. The third-order valence-electron chi connectivity index (χ3n) is 4.99. The molecule has 5 nitrogen and oxygen atoms in total. The van der Waals surface area contributed by atoms with E-state index < -0.39 is 0 Å². The molecule has 0 fully saturated rings. The smallest absolute Gasteiger partial charge is 0.274 e. The predicted molar refractivity (Wildman–Crippen MR) is 121 cm³/mol. The number of nitrogens with two attached hydrogens (primary N) is 1. The highest BCUT2D eigenvalue weighted by atomic mass is 32.1. The highest BCUT2D eigenvalue weighted by Crippen LogP contribution is 2.18. The van der Waals surface area contributed by atoms with Crippen molar-refractivity contribution in [3.05, 3.63) is 70.6 Å². The van der Waals surface area contributed by atoms with E-state index in [1.54, 1.807) is 6.20 Å². The molecule has 2 N–H and O–H groups in total. The maximum Gasteiger partial charge on any atom is 0.274 e. The van der Waals surface area contributed by atoms with Crippen LogP contribution in [0.3, 0.4) is 0 Å². The normalized spacial score (nSPS) is 12.0. The van der Waals surface area contributed by atoms with Crippen LogP contribution in [0.4, 0.5) is 0 Å². The van der Waals surface area contributed by atoms with Crippen LogP contribution in [0.1, 0.15) is 31.7 Å². The van der Waals surface area contributed by atoms with Gasteiger partial charge in [-0.3, -0.25) is 4.79 Å². The second kappa shape index (κ2) is 10.2. The van der Waals surface area contributed by atoms with Gasteiger partial charge in [-0.25, -0.2) is 4.68 Å². The number of thiocarbonyl (C=S) groups is 1. The number of aromatic nitrogens is 2. The van der Waals surface area contributed by atoms with Gasteiger partial charge in [0, 0.05) is 24.3 Å². The number of hydrogen-bond donors (Lipinski definition) is 1. The summed E-state index contributed by atoms with van der Waals surface area (Å²) >= 11 is 5.18. The van der Waals surface area contributed by atoms with Crippen molar-refractivity contribution in [1.82, 2.24) is 9.78 Å². The van der Waals surface area contributed by atoms with Gasteiger partial charge < -0.3 is 10.5 Å². The zero-order valence-corrected chi connectivity index (χ0v) is 17.5. The summed E-state index contributed by atoms with van der Waals surface area (Å²) in [6, 6.07) is 15.6. The van der Waals surface area contributed by atoms with Gasteiger partial charge in [0.05, 0.1) is 23.2 Å². The Hall–Kier alpha value is -2.73. The molecule has 1 heterocycles. The van der Waals surface area contributed by atoms with Crippen LogP contribution >= 0.6 is 12.2 Å². The minimum absolute atomic E-state index is 0.0631. The van der Waals surface area contributed by atoms with Gasteiger partial charge in [-0.2, -0.15) is 5.10 Å². The molecule has 0 spiro atoms. The first-order chi connectivity index (χ1) is 14.1. The van der Waals surface area contributed by atoms with Crippen molar-refractivity contribution in [3.63, 3.8) is 0 Å². The quantitative estimate of drug-likeness (QED) is 0.403. The van der Waals surface area contributed by atoms with E-state index in [-0.39, 0.29) is 11.5 Å². The van der Waals surface area contributed by atoms with Crippen LogP contribution in [0.15, 0.2) is 59.5 Å². The fraction of sp³-hybridized carbons (Fsp3) is 0.348. The molecule has 0 aliphatic rings. The summed E-state index contributed by atoms with van der Waals surface area (Å²) in [7, 11) is 0. The van der Waals surface area contributed by atoms with Gasteiger partial charge >= 0.3 is 0 Å². The maximum atomic E-state index is 12.5. The molecule has 0 amide bonds. The lowest BCUT2D eigenvalue weighted by molar-refractivity contribution is 0.297. The minimum Gasteiger partial charge on any atom is -0.494 e. The lowest BCUT2D eigenvalue weighted by atomic mass is 9.95. The number of hydrogen-bond acceptors (Lipinski definition) is 4. The molecule has 6 heteroatoms. The number of fused-ring (bicyclic) bond motifs is 1. The molecule has 1 atom stereocenters. The van der Waals surface area contributed by atoms with Crippen LogP contribution < -0.4 is 16.0 Å². The number of rotatable bonds is 10. The Morgan fingerprint density at radius 2 is 1.97 bits per heavy atom. The lowest BCUT2D eigenvalue weighted by Gasteiger charge is -2.15. The first kappa shape index (κ1) is 21.0. The van der Waals surface area contributed by atoms with Crippen LogP contribution in [0.2, 0.25) is 0 Å². The highest BCUT2D eigenvalue weighted by molar-refractivity contribution is 7.80. The summed E-state index contributed by atoms with van der Waals surface area (Å²) in [5, 5.41) is 5.80. The molecule has 1 unspecified atom stereocenters. The molecule has 1 aromatic heterocycles. The van der Waals surface area contributed by atoms with Crippen LogP contribution in [-0.2, 0) is 13.0 Å². The average Bonchev–Trinajstić information content (AvgIpc) is 2.73. The molecule has 152 valence electrons. The second-order valence-electron chi connectivity index (χ2n) is 7.20. The van der Waals surface area contributed by atoms with Crippen LogP contribution in [0.5, 0.6) is 5.75 Å². The standard InChI is InChI=1S/C23H27N3O2S/c1-2-6-18(22(24)29)15-17-9-11-20(12-10-17)28-14-5-13-26-23(27)21-8-4-3-7-19(21)16-25-26/h3-4,7-12,16,18H,2,5-6,13-15H2,1H3,(H2,24,29). The molecule has 2 aromatic carbocycles. The Morgan fingerprint density at radius 3 is 2.69 bits per heavy atom. The Kier molecular flexibility index (Phi) is 7.36. The van der Waals surface area contributed by atoms with Gasteiger partial charge in [0.2, 0.25) is 0 Å². The van der Waals surface area contributed by atoms with Crippen LogP contribution in [0, 0.1) is 5.92 Å². The molecule has 0 aliphatic heterocycles. The Labute approximate surface area is 176 Å². The van der Waals surface area contributed by atoms with E-state index in [0.29, 0.717) is 29.9 Å². The zero-order valence-electron chi connectivity index (χ0n) is 16.7. The third-order valence-corrected chi connectivity index (χ3v) is 5.32. The van der Waals surface area contributed by atoms with Gasteiger partial charge in [-0.15, -0.1) is 0 Å². The third kappa shape index (κ3) is 5.64. The van der Waals surface area contributed by atoms with Crippen molar-refractivity contribution in [2.45, 2.75) is 39.2 Å². The lowest BCUT2D eigenvalue weighted by Crippen LogP contribution is -2.23. The van der Waals surface area contributed by atoms with Crippen molar-refractivity contribution < 1.29 is 4.74 Å². The van der Waals surface area contributed by atoms with E-state index in [1.165, 1.54) is 10.2 Å². The summed E-state index contributed by atoms with van der Waals surface area (Å²) in [6.07, 6.45) is 5.37. The molecule has 0 radical (unpaired) electrons. The van der Waals surface area contributed by atoms with E-state index in [9.17, 15) is 4.79 Å². The predicted octanol–water partition coefficient (Wildman–Crippen LogP) is 4.11. The number of benzene rings is 2. The van der Waals surface area contributed by atoms with E-state index in [4.69, 9.17) is 22.7 Å². The van der Waals surface area contributed by atoms with Gasteiger partial charge in [0.25, 0.3) is 5.56 Å². The molecule has 0 saturated carbocycles. The van der Waals surface area contributed by atoms with Gasteiger partial charge in [-0.05, 0) is 36.6 Å².